The van der Waals surface area contributed by atoms with Crippen LogP contribution in [0.5, 0.6) is 0 Å². The minimum Gasteiger partial charge on any atom is -0.345 e. The minimum absolute atomic E-state index is 0.00455. The fraction of sp³-hybridized carbons (Fsp3) is 0.235. The summed E-state index contributed by atoms with van der Waals surface area (Å²) in [6, 6.07) is 9.82. The summed E-state index contributed by atoms with van der Waals surface area (Å²) in [5.41, 5.74) is 3.34. The van der Waals surface area contributed by atoms with Gasteiger partial charge in [-0.1, -0.05) is 29.8 Å². The Bertz CT molecular complexity index is 684. The fourth-order valence-electron chi connectivity index (χ4n) is 2.07. The molecule has 0 saturated carbocycles. The standard InChI is InChI=1S/C17H17ClFNO/c1-10-4-5-13(8-11(10)2)12(3)20-17(21)15-7-6-14(18)9-16(15)19/h4-9,12H,1-3H3,(H,20,21)/t12-/m1/s1. The van der Waals surface area contributed by atoms with Crippen molar-refractivity contribution in [2.75, 3.05) is 0 Å². The molecule has 0 aliphatic carbocycles. The topological polar surface area (TPSA) is 29.1 Å². The van der Waals surface area contributed by atoms with E-state index in [1.54, 1.807) is 0 Å². The van der Waals surface area contributed by atoms with Crippen molar-refractivity contribution in [3.8, 4) is 0 Å². The van der Waals surface area contributed by atoms with Crippen LogP contribution >= 0.6 is 11.6 Å². The molecule has 0 unspecified atom stereocenters. The molecule has 1 atom stereocenters. The summed E-state index contributed by atoms with van der Waals surface area (Å²) >= 11 is 5.68. The first-order valence-corrected chi connectivity index (χ1v) is 7.09. The van der Waals surface area contributed by atoms with Crippen LogP contribution in [0.25, 0.3) is 0 Å². The highest BCUT2D eigenvalue weighted by atomic mass is 35.5. The van der Waals surface area contributed by atoms with Crippen LogP contribution in [-0.4, -0.2) is 5.91 Å². The molecule has 0 heterocycles. The molecule has 2 aromatic rings. The zero-order valence-electron chi connectivity index (χ0n) is 12.2. The predicted octanol–water partition coefficient (Wildman–Crippen LogP) is 4.59. The molecule has 110 valence electrons. The second kappa shape index (κ2) is 6.27. The van der Waals surface area contributed by atoms with E-state index in [4.69, 9.17) is 11.6 Å². The van der Waals surface area contributed by atoms with Crippen LogP contribution in [0.2, 0.25) is 5.02 Å². The van der Waals surface area contributed by atoms with E-state index in [9.17, 15) is 9.18 Å². The Kier molecular flexibility index (Phi) is 4.63. The molecule has 1 N–H and O–H groups in total. The van der Waals surface area contributed by atoms with Crippen LogP contribution in [0, 0.1) is 19.7 Å². The quantitative estimate of drug-likeness (QED) is 0.883. The van der Waals surface area contributed by atoms with Crippen molar-refractivity contribution in [2.45, 2.75) is 26.8 Å². The third kappa shape index (κ3) is 3.61. The monoisotopic (exact) mass is 305 g/mol. The summed E-state index contributed by atoms with van der Waals surface area (Å²) in [5.74, 6) is -1.07. The van der Waals surface area contributed by atoms with E-state index in [1.807, 2.05) is 39.0 Å². The van der Waals surface area contributed by atoms with Crippen LogP contribution in [0.3, 0.4) is 0 Å². The van der Waals surface area contributed by atoms with Gasteiger partial charge in [0.05, 0.1) is 11.6 Å². The number of benzene rings is 2. The van der Waals surface area contributed by atoms with E-state index in [-0.39, 0.29) is 16.6 Å². The van der Waals surface area contributed by atoms with Gasteiger partial charge in [0.1, 0.15) is 5.82 Å². The molecule has 21 heavy (non-hydrogen) atoms. The van der Waals surface area contributed by atoms with Gasteiger partial charge in [-0.2, -0.15) is 0 Å². The van der Waals surface area contributed by atoms with E-state index < -0.39 is 11.7 Å². The van der Waals surface area contributed by atoms with Gasteiger partial charge in [-0.3, -0.25) is 4.79 Å². The zero-order valence-corrected chi connectivity index (χ0v) is 13.0. The fourth-order valence-corrected chi connectivity index (χ4v) is 2.22. The van der Waals surface area contributed by atoms with E-state index in [2.05, 4.69) is 5.32 Å². The lowest BCUT2D eigenvalue weighted by atomic mass is 10.0. The molecule has 0 saturated heterocycles. The number of carbonyl (C=O) groups is 1. The Morgan fingerprint density at radius 3 is 2.48 bits per heavy atom. The van der Waals surface area contributed by atoms with Crippen molar-refractivity contribution in [2.24, 2.45) is 0 Å². The van der Waals surface area contributed by atoms with Gasteiger partial charge in [0.15, 0.2) is 0 Å². The summed E-state index contributed by atoms with van der Waals surface area (Å²) < 4.78 is 13.7. The highest BCUT2D eigenvalue weighted by Gasteiger charge is 2.15. The van der Waals surface area contributed by atoms with Gasteiger partial charge in [-0.15, -0.1) is 0 Å². The summed E-state index contributed by atoms with van der Waals surface area (Å²) in [6.07, 6.45) is 0. The van der Waals surface area contributed by atoms with Gasteiger partial charge >= 0.3 is 0 Å². The first kappa shape index (κ1) is 15.5. The summed E-state index contributed by atoms with van der Waals surface area (Å²) in [4.78, 5) is 12.1. The molecular formula is C17H17ClFNO. The van der Waals surface area contributed by atoms with Gasteiger partial charge in [0.2, 0.25) is 0 Å². The largest absolute Gasteiger partial charge is 0.345 e. The molecular weight excluding hydrogens is 289 g/mol. The number of carbonyl (C=O) groups excluding carboxylic acids is 1. The number of rotatable bonds is 3. The van der Waals surface area contributed by atoms with Crippen molar-refractivity contribution in [1.29, 1.82) is 0 Å². The predicted molar refractivity (Wildman–Crippen MR) is 83.2 cm³/mol. The molecule has 0 aliphatic heterocycles. The average molecular weight is 306 g/mol. The second-order valence-electron chi connectivity index (χ2n) is 5.16. The molecule has 2 rings (SSSR count). The second-order valence-corrected chi connectivity index (χ2v) is 5.60. The van der Waals surface area contributed by atoms with E-state index >= 15 is 0 Å². The first-order chi connectivity index (χ1) is 9.88. The molecule has 0 spiro atoms. The number of amides is 1. The molecule has 4 heteroatoms. The Labute approximate surface area is 128 Å². The third-order valence-electron chi connectivity index (χ3n) is 3.55. The SMILES string of the molecule is Cc1ccc([C@@H](C)NC(=O)c2ccc(Cl)cc2F)cc1C. The highest BCUT2D eigenvalue weighted by molar-refractivity contribution is 6.30. The van der Waals surface area contributed by atoms with Crippen LogP contribution in [0.15, 0.2) is 36.4 Å². The Morgan fingerprint density at radius 2 is 1.86 bits per heavy atom. The van der Waals surface area contributed by atoms with E-state index in [1.165, 1.54) is 17.7 Å². The van der Waals surface area contributed by atoms with Crippen molar-refractivity contribution in [3.63, 3.8) is 0 Å². The lowest BCUT2D eigenvalue weighted by Crippen LogP contribution is -2.27. The number of hydrogen-bond acceptors (Lipinski definition) is 1. The summed E-state index contributed by atoms with van der Waals surface area (Å²) in [6.45, 7) is 5.92. The first-order valence-electron chi connectivity index (χ1n) is 6.71. The Morgan fingerprint density at radius 1 is 1.14 bits per heavy atom. The maximum atomic E-state index is 13.7. The Balaban J connectivity index is 2.16. The lowest BCUT2D eigenvalue weighted by Gasteiger charge is -2.16. The highest BCUT2D eigenvalue weighted by Crippen LogP contribution is 2.19. The molecule has 0 radical (unpaired) electrons. The maximum Gasteiger partial charge on any atom is 0.254 e. The normalized spacial score (nSPS) is 12.0. The van der Waals surface area contributed by atoms with Crippen LogP contribution in [0.1, 0.15) is 40.0 Å². The minimum atomic E-state index is -0.618. The van der Waals surface area contributed by atoms with Crippen molar-refractivity contribution in [1.82, 2.24) is 5.32 Å². The van der Waals surface area contributed by atoms with E-state index in [0.29, 0.717) is 0 Å². The van der Waals surface area contributed by atoms with Gasteiger partial charge in [0, 0.05) is 5.02 Å². The van der Waals surface area contributed by atoms with Gasteiger partial charge in [-0.05, 0) is 55.7 Å². The maximum absolute atomic E-state index is 13.7. The molecule has 1 amide bonds. The van der Waals surface area contributed by atoms with E-state index in [0.717, 1.165) is 17.2 Å². The zero-order chi connectivity index (χ0) is 15.6. The molecule has 0 aliphatic rings. The molecule has 0 bridgehead atoms. The van der Waals surface area contributed by atoms with Gasteiger partial charge in [-0.25, -0.2) is 4.39 Å². The number of hydrogen-bond donors (Lipinski definition) is 1. The summed E-state index contributed by atoms with van der Waals surface area (Å²) in [7, 11) is 0. The molecule has 2 nitrogen and oxygen atoms in total. The van der Waals surface area contributed by atoms with Crippen LogP contribution < -0.4 is 5.32 Å². The molecule has 2 aromatic carbocycles. The summed E-state index contributed by atoms with van der Waals surface area (Å²) in [5, 5.41) is 3.07. The smallest absolute Gasteiger partial charge is 0.254 e. The molecule has 0 aromatic heterocycles. The Hall–Kier alpha value is -1.87. The van der Waals surface area contributed by atoms with Crippen LogP contribution in [0.4, 0.5) is 4.39 Å². The number of nitrogens with one attached hydrogen (secondary N) is 1. The number of aryl methyl sites for hydroxylation is 2. The van der Waals surface area contributed by atoms with Gasteiger partial charge in [0.25, 0.3) is 5.91 Å². The third-order valence-corrected chi connectivity index (χ3v) is 3.79. The number of halogens is 2. The lowest BCUT2D eigenvalue weighted by molar-refractivity contribution is 0.0936. The van der Waals surface area contributed by atoms with Crippen molar-refractivity contribution < 1.29 is 9.18 Å². The van der Waals surface area contributed by atoms with Crippen LogP contribution in [-0.2, 0) is 0 Å². The van der Waals surface area contributed by atoms with Crippen molar-refractivity contribution in [3.05, 3.63) is 69.5 Å². The molecule has 0 fully saturated rings. The van der Waals surface area contributed by atoms with Gasteiger partial charge < -0.3 is 5.32 Å². The van der Waals surface area contributed by atoms with Crippen molar-refractivity contribution >= 4 is 17.5 Å². The average Bonchev–Trinajstić information content (AvgIpc) is 2.41.